The van der Waals surface area contributed by atoms with Gasteiger partial charge in [-0.05, 0) is 73.4 Å². The predicted molar refractivity (Wildman–Crippen MR) is 152 cm³/mol. The monoisotopic (exact) mass is 528 g/mol. The summed E-state index contributed by atoms with van der Waals surface area (Å²) in [5, 5.41) is 2.95. The molecule has 38 heavy (non-hydrogen) atoms. The van der Waals surface area contributed by atoms with Crippen LogP contribution in [-0.4, -0.2) is 20.9 Å². The minimum absolute atomic E-state index is 0.160. The third kappa shape index (κ3) is 6.42. The Kier molecular flexibility index (Phi) is 8.48. The molecule has 4 rings (SSSR count). The Labute approximate surface area is 225 Å². The highest BCUT2D eigenvalue weighted by Crippen LogP contribution is 2.28. The van der Waals surface area contributed by atoms with E-state index in [2.05, 4.69) is 5.32 Å². The smallest absolute Gasteiger partial charge is 0.264 e. The highest BCUT2D eigenvalue weighted by Gasteiger charge is 2.25. The van der Waals surface area contributed by atoms with Gasteiger partial charge in [0.05, 0.1) is 17.1 Å². The minimum atomic E-state index is -3.82. The molecule has 0 radical (unpaired) electrons. The van der Waals surface area contributed by atoms with E-state index in [1.54, 1.807) is 48.5 Å². The van der Waals surface area contributed by atoms with E-state index in [4.69, 9.17) is 4.74 Å². The summed E-state index contributed by atoms with van der Waals surface area (Å²) in [6.07, 6.45) is 0.810. The van der Waals surface area contributed by atoms with Crippen LogP contribution in [0.3, 0.4) is 0 Å². The summed E-state index contributed by atoms with van der Waals surface area (Å²) in [6.45, 7) is 5.94. The molecule has 0 spiro atoms. The van der Waals surface area contributed by atoms with Crippen molar-refractivity contribution >= 4 is 27.3 Å². The van der Waals surface area contributed by atoms with E-state index in [1.165, 1.54) is 4.31 Å². The number of carbonyl (C=O) groups is 1. The normalized spacial score (nSPS) is 11.1. The van der Waals surface area contributed by atoms with Crippen LogP contribution in [0.5, 0.6) is 5.75 Å². The van der Waals surface area contributed by atoms with E-state index in [9.17, 15) is 13.2 Å². The van der Waals surface area contributed by atoms with Crippen LogP contribution in [0.2, 0.25) is 0 Å². The Hall–Kier alpha value is -4.10. The van der Waals surface area contributed by atoms with Gasteiger partial charge in [0, 0.05) is 5.69 Å². The van der Waals surface area contributed by atoms with Crippen LogP contribution in [0, 0.1) is 13.8 Å². The van der Waals surface area contributed by atoms with Gasteiger partial charge in [-0.15, -0.1) is 0 Å². The summed E-state index contributed by atoms with van der Waals surface area (Å²) in [6, 6.07) is 28.9. The molecule has 1 amide bonds. The number of para-hydroxylation sites is 1. The molecule has 0 aliphatic carbocycles. The van der Waals surface area contributed by atoms with Crippen LogP contribution in [0.1, 0.15) is 29.2 Å². The Morgan fingerprint density at radius 3 is 2.18 bits per heavy atom. The first-order valence-corrected chi connectivity index (χ1v) is 14.0. The topological polar surface area (TPSA) is 75.7 Å². The van der Waals surface area contributed by atoms with Crippen molar-refractivity contribution in [2.75, 3.05) is 16.2 Å². The van der Waals surface area contributed by atoms with Gasteiger partial charge in [-0.2, -0.15) is 0 Å². The first-order valence-electron chi connectivity index (χ1n) is 12.5. The zero-order chi connectivity index (χ0) is 27.1. The maximum Gasteiger partial charge on any atom is 0.264 e. The van der Waals surface area contributed by atoms with E-state index in [0.29, 0.717) is 11.4 Å². The average Bonchev–Trinajstić information content (AvgIpc) is 2.93. The highest BCUT2D eigenvalue weighted by molar-refractivity contribution is 7.92. The molecule has 0 saturated heterocycles. The lowest BCUT2D eigenvalue weighted by atomic mass is 10.1. The zero-order valence-electron chi connectivity index (χ0n) is 21.8. The quantitative estimate of drug-likeness (QED) is 0.263. The van der Waals surface area contributed by atoms with Crippen molar-refractivity contribution in [2.45, 2.75) is 38.6 Å². The van der Waals surface area contributed by atoms with Crippen molar-refractivity contribution in [3.05, 3.63) is 119 Å². The number of ether oxygens (including phenoxy) is 1. The molecule has 0 fully saturated rings. The third-order valence-corrected chi connectivity index (χ3v) is 8.07. The lowest BCUT2D eigenvalue weighted by Crippen LogP contribution is -2.30. The van der Waals surface area contributed by atoms with E-state index in [1.807, 2.05) is 69.3 Å². The molecule has 0 aliphatic rings. The van der Waals surface area contributed by atoms with Crippen LogP contribution in [0.25, 0.3) is 0 Å². The fourth-order valence-corrected chi connectivity index (χ4v) is 5.59. The van der Waals surface area contributed by atoms with Gasteiger partial charge in [-0.25, -0.2) is 8.42 Å². The van der Waals surface area contributed by atoms with Crippen LogP contribution in [-0.2, 0) is 27.8 Å². The number of amides is 1. The lowest BCUT2D eigenvalue weighted by Gasteiger charge is -2.25. The maximum absolute atomic E-state index is 13.6. The second-order valence-electron chi connectivity index (χ2n) is 9.10. The second kappa shape index (κ2) is 12.0. The minimum Gasteiger partial charge on any atom is -0.484 e. The molecule has 0 aromatic heterocycles. The summed E-state index contributed by atoms with van der Waals surface area (Å²) in [5.74, 6) is 0.211. The number of aryl methyl sites for hydroxylation is 3. The van der Waals surface area contributed by atoms with Crippen molar-refractivity contribution in [3.63, 3.8) is 0 Å². The lowest BCUT2D eigenvalue weighted by molar-refractivity contribution is -0.118. The molecule has 1 N–H and O–H groups in total. The molecule has 0 saturated carbocycles. The van der Waals surface area contributed by atoms with E-state index in [0.717, 1.165) is 34.4 Å². The fraction of sp³-hybridized carbons (Fsp3) is 0.194. The number of benzene rings is 4. The second-order valence-corrected chi connectivity index (χ2v) is 11.0. The largest absolute Gasteiger partial charge is 0.484 e. The molecule has 6 nitrogen and oxygen atoms in total. The Morgan fingerprint density at radius 2 is 1.53 bits per heavy atom. The van der Waals surface area contributed by atoms with Crippen molar-refractivity contribution in [1.82, 2.24) is 0 Å². The van der Waals surface area contributed by atoms with Crippen LogP contribution >= 0.6 is 0 Å². The summed E-state index contributed by atoms with van der Waals surface area (Å²) in [4.78, 5) is 12.8. The van der Waals surface area contributed by atoms with Gasteiger partial charge < -0.3 is 10.1 Å². The molecule has 0 unspecified atom stereocenters. The number of anilines is 2. The molecule has 0 atom stereocenters. The van der Waals surface area contributed by atoms with Gasteiger partial charge in [-0.1, -0.05) is 73.2 Å². The van der Waals surface area contributed by atoms with Gasteiger partial charge in [0.25, 0.3) is 15.9 Å². The average molecular weight is 529 g/mol. The number of hydrogen-bond acceptors (Lipinski definition) is 4. The molecule has 4 aromatic rings. The van der Waals surface area contributed by atoms with Crippen molar-refractivity contribution in [3.8, 4) is 5.75 Å². The molecule has 0 heterocycles. The molecule has 7 heteroatoms. The molecule has 196 valence electrons. The summed E-state index contributed by atoms with van der Waals surface area (Å²) in [5.41, 5.74) is 5.22. The van der Waals surface area contributed by atoms with Gasteiger partial charge >= 0.3 is 0 Å². The number of hydrogen-bond donors (Lipinski definition) is 1. The van der Waals surface area contributed by atoms with E-state index < -0.39 is 10.0 Å². The maximum atomic E-state index is 13.6. The van der Waals surface area contributed by atoms with Crippen LogP contribution < -0.4 is 14.4 Å². The van der Waals surface area contributed by atoms with Crippen LogP contribution in [0.4, 0.5) is 11.4 Å². The highest BCUT2D eigenvalue weighted by atomic mass is 32.2. The molecule has 0 bridgehead atoms. The van der Waals surface area contributed by atoms with Gasteiger partial charge in [0.15, 0.2) is 6.61 Å². The van der Waals surface area contributed by atoms with E-state index >= 15 is 0 Å². The van der Waals surface area contributed by atoms with Gasteiger partial charge in [0.2, 0.25) is 0 Å². The van der Waals surface area contributed by atoms with Crippen molar-refractivity contribution in [2.24, 2.45) is 0 Å². The first kappa shape index (κ1) is 26.9. The summed E-state index contributed by atoms with van der Waals surface area (Å²) >= 11 is 0. The SMILES string of the molecule is CCc1cccc(C)c1NC(=O)COc1ccc(N(Cc2ccccc2)S(=O)(=O)c2ccc(C)cc2)cc1. The van der Waals surface area contributed by atoms with Gasteiger partial charge in [-0.3, -0.25) is 9.10 Å². The molecule has 4 aromatic carbocycles. The third-order valence-electron chi connectivity index (χ3n) is 6.28. The number of carbonyl (C=O) groups excluding carboxylic acids is 1. The van der Waals surface area contributed by atoms with Crippen molar-refractivity contribution < 1.29 is 17.9 Å². The Balaban J connectivity index is 1.51. The summed E-state index contributed by atoms with van der Waals surface area (Å²) in [7, 11) is -3.82. The van der Waals surface area contributed by atoms with Gasteiger partial charge in [0.1, 0.15) is 5.75 Å². The zero-order valence-corrected chi connectivity index (χ0v) is 22.7. The molecular formula is C31H32N2O4S. The fourth-order valence-electron chi connectivity index (χ4n) is 4.14. The number of nitrogens with one attached hydrogen (secondary N) is 1. The van der Waals surface area contributed by atoms with E-state index in [-0.39, 0.29) is 24.0 Å². The summed E-state index contributed by atoms with van der Waals surface area (Å²) < 4.78 is 34.4. The number of sulfonamides is 1. The Morgan fingerprint density at radius 1 is 0.842 bits per heavy atom. The van der Waals surface area contributed by atoms with Crippen LogP contribution in [0.15, 0.2) is 102 Å². The Bertz CT molecular complexity index is 1480. The first-order chi connectivity index (χ1) is 18.3. The molecule has 0 aliphatic heterocycles. The number of nitrogens with zero attached hydrogens (tertiary/aromatic N) is 1. The molecular weight excluding hydrogens is 496 g/mol. The predicted octanol–water partition coefficient (Wildman–Crippen LogP) is 6.28. The van der Waals surface area contributed by atoms with Crippen molar-refractivity contribution in [1.29, 1.82) is 0 Å². The number of rotatable bonds is 10. The standard InChI is InChI=1S/C31H32N2O4S/c1-4-26-12-8-9-24(3)31(26)32-30(34)22-37-28-17-15-27(16-18-28)33(21-25-10-6-5-7-11-25)38(35,36)29-19-13-23(2)14-20-29/h5-20H,4,21-22H2,1-3H3,(H,32,34).